The standard InChI is InChI=1S/C44H40FN5O5/c1-46-17-19-47(20-18-46)26-33-21-29-9-5-6-10-30(29)25-48(33)43(52)35-23-41-42(55-28-54-41)24-39(35)49-27-36(34-13-7-8-14-38(34)49)44(53)50(31-11-3-2-4-12-31)32-15-16-40(51)37(45)22-32/h2-16,22-24,27,33,51H,17-21,25-26,28H2,1H3/t33-/m0/s1. The van der Waals surface area contributed by atoms with Gasteiger partial charge in [-0.15, -0.1) is 0 Å². The van der Waals surface area contributed by atoms with Crippen LogP contribution in [0.5, 0.6) is 17.2 Å². The zero-order valence-corrected chi connectivity index (χ0v) is 30.4. The van der Waals surface area contributed by atoms with Gasteiger partial charge in [0.1, 0.15) is 0 Å². The van der Waals surface area contributed by atoms with Crippen LogP contribution in [0.2, 0.25) is 0 Å². The van der Waals surface area contributed by atoms with Crippen molar-refractivity contribution in [3.05, 3.63) is 143 Å². The molecule has 0 radical (unpaired) electrons. The maximum Gasteiger partial charge on any atom is 0.265 e. The number of nitrogens with zero attached hydrogens (tertiary/aromatic N) is 5. The van der Waals surface area contributed by atoms with Crippen molar-refractivity contribution in [1.82, 2.24) is 19.3 Å². The fourth-order valence-electron chi connectivity index (χ4n) is 8.04. The number of hydrogen-bond donors (Lipinski definition) is 1. The average molecular weight is 738 g/mol. The first-order valence-electron chi connectivity index (χ1n) is 18.5. The average Bonchev–Trinajstić information content (AvgIpc) is 3.84. The Bertz CT molecular complexity index is 2430. The van der Waals surface area contributed by atoms with E-state index in [4.69, 9.17) is 9.47 Å². The first-order chi connectivity index (χ1) is 26.8. The molecule has 3 aliphatic heterocycles. The highest BCUT2D eigenvalue weighted by Crippen LogP contribution is 2.40. The van der Waals surface area contributed by atoms with Crippen LogP contribution < -0.4 is 14.4 Å². The lowest BCUT2D eigenvalue weighted by atomic mass is 9.92. The number of phenols is 1. The minimum Gasteiger partial charge on any atom is -0.505 e. The maximum atomic E-state index is 15.2. The van der Waals surface area contributed by atoms with E-state index >= 15 is 4.79 Å². The fraction of sp³-hybridized carbons (Fsp3) is 0.227. The molecule has 1 aromatic heterocycles. The summed E-state index contributed by atoms with van der Waals surface area (Å²) in [5.74, 6) is -0.928. The molecule has 11 heteroatoms. The predicted octanol–water partition coefficient (Wildman–Crippen LogP) is 7.00. The molecule has 4 heterocycles. The number of aromatic hydroxyl groups is 1. The van der Waals surface area contributed by atoms with Gasteiger partial charge in [0.15, 0.2) is 23.1 Å². The lowest BCUT2D eigenvalue weighted by molar-refractivity contribution is 0.0535. The first kappa shape index (κ1) is 34.6. The van der Waals surface area contributed by atoms with Crippen LogP contribution in [0.1, 0.15) is 31.8 Å². The molecule has 1 fully saturated rings. The molecule has 9 rings (SSSR count). The van der Waals surface area contributed by atoms with Crippen LogP contribution in [-0.4, -0.2) is 88.8 Å². The highest BCUT2D eigenvalue weighted by Gasteiger charge is 2.35. The van der Waals surface area contributed by atoms with Gasteiger partial charge >= 0.3 is 0 Å². The summed E-state index contributed by atoms with van der Waals surface area (Å²) in [5.41, 5.74) is 5.15. The predicted molar refractivity (Wildman–Crippen MR) is 208 cm³/mol. The number of anilines is 2. The number of likely N-dealkylation sites (N-methyl/N-ethyl adjacent to an activating group) is 1. The summed E-state index contributed by atoms with van der Waals surface area (Å²) in [5, 5.41) is 10.6. The summed E-state index contributed by atoms with van der Waals surface area (Å²) < 4.78 is 28.3. The Morgan fingerprint density at radius 2 is 1.51 bits per heavy atom. The number of halogens is 1. The number of ether oxygens (including phenoxy) is 2. The minimum absolute atomic E-state index is 0.0287. The third-order valence-corrected chi connectivity index (χ3v) is 11.0. The molecule has 1 N–H and O–H groups in total. The van der Waals surface area contributed by atoms with Gasteiger partial charge in [-0.05, 0) is 61.0 Å². The Kier molecular flexibility index (Phi) is 8.95. The number of hydrogen-bond acceptors (Lipinski definition) is 7. The third kappa shape index (κ3) is 6.45. The van der Waals surface area contributed by atoms with Crippen molar-refractivity contribution in [3.63, 3.8) is 0 Å². The van der Waals surface area contributed by atoms with Crippen molar-refractivity contribution in [3.8, 4) is 22.9 Å². The minimum atomic E-state index is -0.844. The number of aromatic nitrogens is 1. The zero-order chi connectivity index (χ0) is 37.6. The third-order valence-electron chi connectivity index (χ3n) is 11.0. The smallest absolute Gasteiger partial charge is 0.265 e. The van der Waals surface area contributed by atoms with Crippen molar-refractivity contribution < 1.29 is 28.6 Å². The lowest BCUT2D eigenvalue weighted by Crippen LogP contribution is -2.53. The molecule has 55 heavy (non-hydrogen) atoms. The van der Waals surface area contributed by atoms with Crippen LogP contribution >= 0.6 is 0 Å². The van der Waals surface area contributed by atoms with E-state index in [1.807, 2.05) is 51.9 Å². The monoisotopic (exact) mass is 737 g/mol. The van der Waals surface area contributed by atoms with Gasteiger partial charge in [0.25, 0.3) is 11.8 Å². The topological polar surface area (TPSA) is 90.7 Å². The van der Waals surface area contributed by atoms with E-state index in [9.17, 15) is 14.3 Å². The van der Waals surface area contributed by atoms with E-state index in [0.717, 1.165) is 50.8 Å². The highest BCUT2D eigenvalue weighted by atomic mass is 19.1. The second-order valence-electron chi connectivity index (χ2n) is 14.4. The van der Waals surface area contributed by atoms with Crippen LogP contribution in [0.4, 0.5) is 15.8 Å². The molecule has 0 spiro atoms. The van der Waals surface area contributed by atoms with E-state index in [1.54, 1.807) is 36.5 Å². The summed E-state index contributed by atoms with van der Waals surface area (Å²) in [7, 11) is 2.14. The Morgan fingerprint density at radius 3 is 2.29 bits per heavy atom. The summed E-state index contributed by atoms with van der Waals surface area (Å²) in [6.45, 7) is 5.09. The Balaban J connectivity index is 1.16. The molecule has 5 aromatic carbocycles. The van der Waals surface area contributed by atoms with E-state index < -0.39 is 17.5 Å². The van der Waals surface area contributed by atoms with Crippen molar-refractivity contribution in [1.29, 1.82) is 0 Å². The number of para-hydroxylation sites is 2. The van der Waals surface area contributed by atoms with Gasteiger partial charge in [-0.3, -0.25) is 19.4 Å². The summed E-state index contributed by atoms with van der Waals surface area (Å²) in [6.07, 6.45) is 2.48. The normalized spacial score (nSPS) is 17.0. The number of phenolic OH excluding ortho intramolecular Hbond substituents is 1. The van der Waals surface area contributed by atoms with Crippen LogP contribution in [0.3, 0.4) is 0 Å². The van der Waals surface area contributed by atoms with Gasteiger partial charge in [-0.2, -0.15) is 0 Å². The molecule has 2 amide bonds. The van der Waals surface area contributed by atoms with Crippen LogP contribution in [0.25, 0.3) is 16.6 Å². The van der Waals surface area contributed by atoms with Gasteiger partial charge in [-0.25, -0.2) is 4.39 Å². The van der Waals surface area contributed by atoms with Crippen LogP contribution in [-0.2, 0) is 13.0 Å². The Labute approximate surface area is 318 Å². The fourth-order valence-corrected chi connectivity index (χ4v) is 8.04. The van der Waals surface area contributed by atoms with Crippen LogP contribution in [0, 0.1) is 5.82 Å². The van der Waals surface area contributed by atoms with E-state index in [0.29, 0.717) is 51.4 Å². The number of amides is 2. The van der Waals surface area contributed by atoms with Crippen molar-refractivity contribution in [2.75, 3.05) is 51.5 Å². The number of fused-ring (bicyclic) bond motifs is 3. The first-order valence-corrected chi connectivity index (χ1v) is 18.5. The number of carbonyl (C=O) groups is 2. The number of carbonyl (C=O) groups excluding carboxylic acids is 2. The van der Waals surface area contributed by atoms with Gasteiger partial charge in [0, 0.05) is 74.7 Å². The second kappa shape index (κ2) is 14.2. The molecule has 0 bridgehead atoms. The number of rotatable bonds is 7. The Hall–Kier alpha value is -6.17. The lowest BCUT2D eigenvalue weighted by Gasteiger charge is -2.41. The largest absolute Gasteiger partial charge is 0.505 e. The SMILES string of the molecule is CN1CCN(C[C@@H]2Cc3ccccc3CN2C(=O)c2cc3c(cc2-n2cc(C(=O)N(c4ccccc4)c4ccc(O)c(F)c4)c4ccccc42)OCO3)CC1. The molecular weight excluding hydrogens is 698 g/mol. The van der Waals surface area contributed by atoms with Crippen LogP contribution in [0.15, 0.2) is 115 Å². The molecular formula is C44H40FN5O5. The molecule has 1 saturated heterocycles. The van der Waals surface area contributed by atoms with E-state index in [1.165, 1.54) is 22.6 Å². The van der Waals surface area contributed by atoms with Crippen molar-refractivity contribution >= 4 is 34.1 Å². The molecule has 6 aromatic rings. The van der Waals surface area contributed by atoms with Gasteiger partial charge in [0.2, 0.25) is 6.79 Å². The molecule has 3 aliphatic rings. The van der Waals surface area contributed by atoms with Gasteiger partial charge in [0.05, 0.1) is 28.0 Å². The quantitative estimate of drug-likeness (QED) is 0.189. The summed E-state index contributed by atoms with van der Waals surface area (Å²) >= 11 is 0. The molecule has 278 valence electrons. The molecule has 0 unspecified atom stereocenters. The molecule has 0 saturated carbocycles. The molecule has 10 nitrogen and oxygen atoms in total. The van der Waals surface area contributed by atoms with Crippen molar-refractivity contribution in [2.24, 2.45) is 0 Å². The molecule has 1 atom stereocenters. The summed E-state index contributed by atoms with van der Waals surface area (Å²) in [4.78, 5) is 38.2. The number of benzene rings is 5. The number of piperazine rings is 1. The maximum absolute atomic E-state index is 15.2. The van der Waals surface area contributed by atoms with E-state index in [-0.39, 0.29) is 24.4 Å². The Morgan fingerprint density at radius 1 is 0.800 bits per heavy atom. The zero-order valence-electron chi connectivity index (χ0n) is 30.4. The highest BCUT2D eigenvalue weighted by molar-refractivity contribution is 6.17. The van der Waals surface area contributed by atoms with E-state index in [2.05, 4.69) is 35.0 Å². The van der Waals surface area contributed by atoms with Gasteiger partial charge < -0.3 is 28.9 Å². The van der Waals surface area contributed by atoms with Gasteiger partial charge in [-0.1, -0.05) is 60.7 Å². The summed E-state index contributed by atoms with van der Waals surface area (Å²) in [6, 6.07) is 32.2. The second-order valence-corrected chi connectivity index (χ2v) is 14.4. The molecule has 0 aliphatic carbocycles. The van der Waals surface area contributed by atoms with Crippen molar-refractivity contribution in [2.45, 2.75) is 19.0 Å².